The van der Waals surface area contributed by atoms with E-state index >= 15 is 0 Å². The van der Waals surface area contributed by atoms with Crippen LogP contribution in [0.15, 0.2) is 48.5 Å². The molecule has 0 spiro atoms. The summed E-state index contributed by atoms with van der Waals surface area (Å²) in [5, 5.41) is 2.89. The predicted octanol–water partition coefficient (Wildman–Crippen LogP) is 5.66. The number of benzene rings is 2. The molecule has 0 bridgehead atoms. The summed E-state index contributed by atoms with van der Waals surface area (Å²) in [5.74, 6) is -0.687. The van der Waals surface area contributed by atoms with Gasteiger partial charge in [0, 0.05) is 6.08 Å². The topological polar surface area (TPSA) is 29.1 Å². The summed E-state index contributed by atoms with van der Waals surface area (Å²) in [6.07, 6.45) is -2.00. The predicted molar refractivity (Wildman–Crippen MR) is 85.6 cm³/mol. The van der Waals surface area contributed by atoms with Gasteiger partial charge in [0.1, 0.15) is 0 Å². The highest BCUT2D eigenvalue weighted by Gasteiger charge is 2.33. The van der Waals surface area contributed by atoms with Gasteiger partial charge in [0.15, 0.2) is 0 Å². The summed E-state index contributed by atoms with van der Waals surface area (Å²) in [5.41, 5.74) is -0.612. The first-order chi connectivity index (χ1) is 10.8. The molecule has 0 aliphatic carbocycles. The molecule has 0 saturated carbocycles. The van der Waals surface area contributed by atoms with Crippen molar-refractivity contribution in [1.29, 1.82) is 0 Å². The Morgan fingerprint density at radius 1 is 1.04 bits per heavy atom. The van der Waals surface area contributed by atoms with Crippen LogP contribution in [0.2, 0.25) is 10.0 Å². The normalized spacial score (nSPS) is 11.7. The second kappa shape index (κ2) is 7.06. The van der Waals surface area contributed by atoms with Gasteiger partial charge in [0.05, 0.1) is 21.3 Å². The van der Waals surface area contributed by atoms with Crippen molar-refractivity contribution in [3.05, 3.63) is 69.7 Å². The molecule has 1 amide bonds. The van der Waals surface area contributed by atoms with Crippen LogP contribution >= 0.6 is 23.2 Å². The maximum Gasteiger partial charge on any atom is 0.418 e. The molecular formula is C16H10Cl2F3NO. The third kappa shape index (κ3) is 4.74. The van der Waals surface area contributed by atoms with Crippen molar-refractivity contribution in [3.63, 3.8) is 0 Å². The number of halogens is 5. The average Bonchev–Trinajstić information content (AvgIpc) is 2.48. The van der Waals surface area contributed by atoms with Crippen molar-refractivity contribution in [2.45, 2.75) is 6.18 Å². The van der Waals surface area contributed by atoms with Gasteiger partial charge >= 0.3 is 6.18 Å². The fourth-order valence-corrected chi connectivity index (χ4v) is 2.11. The summed E-state index contributed by atoms with van der Waals surface area (Å²) in [6, 6.07) is 9.48. The van der Waals surface area contributed by atoms with E-state index in [1.54, 1.807) is 12.1 Å². The lowest BCUT2D eigenvalue weighted by atomic mass is 10.1. The standard InChI is InChI=1S/C16H10Cl2F3NO/c17-12-7-5-10(9-13(12)18)6-8-15(23)22-14-4-2-1-3-11(14)16(19,20)21/h1-9H,(H,22,23)/b8-6+. The number of para-hydroxylation sites is 1. The Morgan fingerprint density at radius 3 is 2.39 bits per heavy atom. The molecule has 2 rings (SSSR count). The van der Waals surface area contributed by atoms with Crippen LogP contribution in [0, 0.1) is 0 Å². The minimum Gasteiger partial charge on any atom is -0.322 e. The number of hydrogen-bond acceptors (Lipinski definition) is 1. The van der Waals surface area contributed by atoms with Gasteiger partial charge in [0.25, 0.3) is 0 Å². The van der Waals surface area contributed by atoms with Crippen molar-refractivity contribution in [1.82, 2.24) is 0 Å². The number of carbonyl (C=O) groups is 1. The van der Waals surface area contributed by atoms with Crippen LogP contribution < -0.4 is 5.32 Å². The number of alkyl halides is 3. The highest BCUT2D eigenvalue weighted by molar-refractivity contribution is 6.42. The first kappa shape index (κ1) is 17.4. The molecule has 0 saturated heterocycles. The summed E-state index contributed by atoms with van der Waals surface area (Å²) in [7, 11) is 0. The fourth-order valence-electron chi connectivity index (χ4n) is 1.80. The van der Waals surface area contributed by atoms with E-state index in [9.17, 15) is 18.0 Å². The molecule has 1 N–H and O–H groups in total. The Balaban J connectivity index is 2.14. The van der Waals surface area contributed by atoms with Crippen LogP contribution in [0.25, 0.3) is 6.08 Å². The van der Waals surface area contributed by atoms with Crippen molar-refractivity contribution < 1.29 is 18.0 Å². The first-order valence-corrected chi connectivity index (χ1v) is 7.13. The van der Waals surface area contributed by atoms with E-state index in [4.69, 9.17) is 23.2 Å². The van der Waals surface area contributed by atoms with E-state index in [1.165, 1.54) is 30.3 Å². The van der Waals surface area contributed by atoms with E-state index in [2.05, 4.69) is 5.32 Å². The van der Waals surface area contributed by atoms with Gasteiger partial charge in [-0.2, -0.15) is 13.2 Å². The third-order valence-electron chi connectivity index (χ3n) is 2.86. The molecular weight excluding hydrogens is 350 g/mol. The Bertz CT molecular complexity index is 757. The van der Waals surface area contributed by atoms with Crippen LogP contribution in [-0.4, -0.2) is 5.91 Å². The zero-order valence-corrected chi connectivity index (χ0v) is 13.0. The lowest BCUT2D eigenvalue weighted by molar-refractivity contribution is -0.136. The molecule has 2 aromatic carbocycles. The van der Waals surface area contributed by atoms with Gasteiger partial charge in [0.2, 0.25) is 5.91 Å². The fraction of sp³-hybridized carbons (Fsp3) is 0.0625. The van der Waals surface area contributed by atoms with E-state index < -0.39 is 17.6 Å². The van der Waals surface area contributed by atoms with E-state index in [-0.39, 0.29) is 5.69 Å². The van der Waals surface area contributed by atoms with Gasteiger partial charge in [-0.1, -0.05) is 41.4 Å². The molecule has 0 aliphatic heterocycles. The number of amides is 1. The summed E-state index contributed by atoms with van der Waals surface area (Å²) < 4.78 is 38.5. The molecule has 0 unspecified atom stereocenters. The number of rotatable bonds is 3. The van der Waals surface area contributed by atoms with Crippen LogP contribution in [0.1, 0.15) is 11.1 Å². The lowest BCUT2D eigenvalue weighted by Gasteiger charge is -2.12. The van der Waals surface area contributed by atoms with Crippen molar-refractivity contribution in [2.24, 2.45) is 0 Å². The molecule has 0 aromatic heterocycles. The smallest absolute Gasteiger partial charge is 0.322 e. The maximum absolute atomic E-state index is 12.8. The largest absolute Gasteiger partial charge is 0.418 e. The molecule has 7 heteroatoms. The highest BCUT2D eigenvalue weighted by atomic mass is 35.5. The van der Waals surface area contributed by atoms with Crippen molar-refractivity contribution in [2.75, 3.05) is 5.32 Å². The van der Waals surface area contributed by atoms with Crippen molar-refractivity contribution >= 4 is 40.9 Å². The molecule has 120 valence electrons. The molecule has 0 atom stereocenters. The second-order valence-corrected chi connectivity index (χ2v) is 5.35. The lowest BCUT2D eigenvalue weighted by Crippen LogP contribution is -2.14. The molecule has 2 nitrogen and oxygen atoms in total. The molecule has 0 fully saturated rings. The average molecular weight is 360 g/mol. The third-order valence-corrected chi connectivity index (χ3v) is 3.60. The Morgan fingerprint density at radius 2 is 1.74 bits per heavy atom. The Labute approximate surface area is 140 Å². The zero-order chi connectivity index (χ0) is 17.0. The van der Waals surface area contributed by atoms with Crippen LogP contribution in [-0.2, 0) is 11.0 Å². The zero-order valence-electron chi connectivity index (χ0n) is 11.5. The number of carbonyl (C=O) groups excluding carboxylic acids is 1. The molecule has 0 heterocycles. The van der Waals surface area contributed by atoms with Gasteiger partial charge in [-0.3, -0.25) is 4.79 Å². The SMILES string of the molecule is O=C(/C=C/c1ccc(Cl)c(Cl)c1)Nc1ccccc1C(F)(F)F. The summed E-state index contributed by atoms with van der Waals surface area (Å²) in [4.78, 5) is 11.8. The van der Waals surface area contributed by atoms with Gasteiger partial charge in [-0.05, 0) is 35.9 Å². The summed E-state index contributed by atoms with van der Waals surface area (Å²) >= 11 is 11.6. The number of hydrogen-bond donors (Lipinski definition) is 1. The van der Waals surface area contributed by atoms with Crippen LogP contribution in [0.4, 0.5) is 18.9 Å². The van der Waals surface area contributed by atoms with Gasteiger partial charge < -0.3 is 5.32 Å². The number of nitrogens with one attached hydrogen (secondary N) is 1. The molecule has 0 radical (unpaired) electrons. The van der Waals surface area contributed by atoms with Gasteiger partial charge in [-0.25, -0.2) is 0 Å². The minimum atomic E-state index is -4.54. The maximum atomic E-state index is 12.8. The van der Waals surface area contributed by atoms with E-state index in [0.29, 0.717) is 15.6 Å². The molecule has 0 aliphatic rings. The second-order valence-electron chi connectivity index (χ2n) is 4.54. The molecule has 23 heavy (non-hydrogen) atoms. The Kier molecular flexibility index (Phi) is 5.34. The van der Waals surface area contributed by atoms with E-state index in [0.717, 1.165) is 12.1 Å². The summed E-state index contributed by atoms with van der Waals surface area (Å²) in [6.45, 7) is 0. The van der Waals surface area contributed by atoms with Crippen LogP contribution in [0.5, 0.6) is 0 Å². The first-order valence-electron chi connectivity index (χ1n) is 6.38. The highest BCUT2D eigenvalue weighted by Crippen LogP contribution is 2.34. The van der Waals surface area contributed by atoms with Crippen molar-refractivity contribution in [3.8, 4) is 0 Å². The van der Waals surface area contributed by atoms with Gasteiger partial charge in [-0.15, -0.1) is 0 Å². The number of anilines is 1. The Hall–Kier alpha value is -1.98. The quantitative estimate of drug-likeness (QED) is 0.703. The van der Waals surface area contributed by atoms with E-state index in [1.807, 2.05) is 0 Å². The van der Waals surface area contributed by atoms with Crippen LogP contribution in [0.3, 0.4) is 0 Å². The minimum absolute atomic E-state index is 0.302. The monoisotopic (exact) mass is 359 g/mol. The molecule has 2 aromatic rings.